The van der Waals surface area contributed by atoms with Gasteiger partial charge in [0.1, 0.15) is 11.3 Å². The lowest BCUT2D eigenvalue weighted by atomic mass is 10.2. The van der Waals surface area contributed by atoms with E-state index in [0.29, 0.717) is 21.5 Å². The number of aromatic nitrogens is 4. The summed E-state index contributed by atoms with van der Waals surface area (Å²) in [6, 6.07) is 12.6. The van der Waals surface area contributed by atoms with Crippen molar-refractivity contribution in [1.29, 1.82) is 0 Å². The van der Waals surface area contributed by atoms with Gasteiger partial charge in [-0.25, -0.2) is 9.37 Å². The summed E-state index contributed by atoms with van der Waals surface area (Å²) in [5, 5.41) is 10.4. The number of nitrogens with zero attached hydrogens (tertiary/aromatic N) is 4. The number of benzene rings is 2. The van der Waals surface area contributed by atoms with E-state index in [0.717, 1.165) is 22.1 Å². The highest BCUT2D eigenvalue weighted by molar-refractivity contribution is 7.98. The summed E-state index contributed by atoms with van der Waals surface area (Å²) in [6.07, 6.45) is 0. The molecule has 0 aliphatic rings. The van der Waals surface area contributed by atoms with Crippen molar-refractivity contribution < 1.29 is 4.39 Å². The smallest absolute Gasteiger partial charge is 0.211 e. The average molecular weight is 359 g/mol. The number of fused-ring (bicyclic) bond motifs is 3. The first kappa shape index (κ1) is 15.4. The zero-order chi connectivity index (χ0) is 16.7. The van der Waals surface area contributed by atoms with Crippen LogP contribution in [0.5, 0.6) is 0 Å². The Balaban J connectivity index is 1.71. The Kier molecular flexibility index (Phi) is 3.86. The fourth-order valence-electron chi connectivity index (χ4n) is 2.66. The quantitative estimate of drug-likeness (QED) is 0.502. The second kappa shape index (κ2) is 6.03. The summed E-state index contributed by atoms with van der Waals surface area (Å²) in [6.45, 7) is 0. The Bertz CT molecular complexity index is 1040. The van der Waals surface area contributed by atoms with Crippen molar-refractivity contribution >= 4 is 45.4 Å². The van der Waals surface area contributed by atoms with Gasteiger partial charge in [0, 0.05) is 28.8 Å². The number of hydrogen-bond donors (Lipinski definition) is 0. The average Bonchev–Trinajstić information content (AvgIpc) is 2.87. The summed E-state index contributed by atoms with van der Waals surface area (Å²) < 4.78 is 15.8. The van der Waals surface area contributed by atoms with Crippen LogP contribution in [0.3, 0.4) is 0 Å². The first-order valence-electron chi connectivity index (χ1n) is 7.28. The van der Waals surface area contributed by atoms with Gasteiger partial charge in [-0.1, -0.05) is 47.6 Å². The molecule has 4 nitrogen and oxygen atoms in total. The minimum atomic E-state index is -0.325. The van der Waals surface area contributed by atoms with E-state index in [2.05, 4.69) is 15.2 Å². The van der Waals surface area contributed by atoms with Crippen LogP contribution in [0.25, 0.3) is 22.1 Å². The number of para-hydroxylation sites is 1. The van der Waals surface area contributed by atoms with Gasteiger partial charge in [0.2, 0.25) is 5.16 Å². The monoisotopic (exact) mass is 358 g/mol. The van der Waals surface area contributed by atoms with E-state index >= 15 is 0 Å². The molecule has 4 rings (SSSR count). The molecular formula is C17H12ClFN4S. The second-order valence-electron chi connectivity index (χ2n) is 5.33. The van der Waals surface area contributed by atoms with E-state index < -0.39 is 0 Å². The SMILES string of the molecule is Cn1c2ccccc2c2nnc(SCc3c(F)cccc3Cl)nc21. The van der Waals surface area contributed by atoms with Crippen LogP contribution in [-0.2, 0) is 12.8 Å². The van der Waals surface area contributed by atoms with Crippen LogP contribution in [0.1, 0.15) is 5.56 Å². The lowest BCUT2D eigenvalue weighted by Crippen LogP contribution is -1.96. The van der Waals surface area contributed by atoms with Crippen molar-refractivity contribution in [2.24, 2.45) is 7.05 Å². The van der Waals surface area contributed by atoms with Crippen LogP contribution in [-0.4, -0.2) is 19.7 Å². The molecule has 0 radical (unpaired) electrons. The number of thioether (sulfide) groups is 1. The summed E-state index contributed by atoms with van der Waals surface area (Å²) >= 11 is 7.37. The first-order valence-corrected chi connectivity index (χ1v) is 8.65. The van der Waals surface area contributed by atoms with Gasteiger partial charge in [-0.05, 0) is 18.2 Å². The predicted octanol–water partition coefficient (Wildman–Crippen LogP) is 4.60. The molecular weight excluding hydrogens is 347 g/mol. The Morgan fingerprint density at radius 1 is 1.12 bits per heavy atom. The van der Waals surface area contributed by atoms with Gasteiger partial charge in [-0.3, -0.25) is 0 Å². The summed E-state index contributed by atoms with van der Waals surface area (Å²) in [5.41, 5.74) is 3.02. The van der Waals surface area contributed by atoms with Gasteiger partial charge in [-0.2, -0.15) is 0 Å². The number of hydrogen-bond acceptors (Lipinski definition) is 4. The summed E-state index contributed by atoms with van der Waals surface area (Å²) in [7, 11) is 1.95. The maximum atomic E-state index is 13.9. The van der Waals surface area contributed by atoms with Crippen molar-refractivity contribution in [2.75, 3.05) is 0 Å². The second-order valence-corrected chi connectivity index (χ2v) is 6.68. The van der Waals surface area contributed by atoms with E-state index in [9.17, 15) is 4.39 Å². The standard InChI is InChI=1S/C17H12ClFN4S/c1-23-14-8-3-2-5-10(14)15-16(23)20-17(22-21-15)24-9-11-12(18)6-4-7-13(11)19/h2-8H,9H2,1H3. The van der Waals surface area contributed by atoms with Crippen molar-refractivity contribution in [3.8, 4) is 0 Å². The normalized spacial score (nSPS) is 11.5. The highest BCUT2D eigenvalue weighted by Gasteiger charge is 2.13. The number of aryl methyl sites for hydroxylation is 1. The van der Waals surface area contributed by atoms with Crippen molar-refractivity contribution in [1.82, 2.24) is 19.7 Å². The van der Waals surface area contributed by atoms with E-state index in [1.807, 2.05) is 35.9 Å². The van der Waals surface area contributed by atoms with Crippen LogP contribution in [0.2, 0.25) is 5.02 Å². The van der Waals surface area contributed by atoms with Crippen molar-refractivity contribution in [2.45, 2.75) is 10.9 Å². The van der Waals surface area contributed by atoms with Crippen LogP contribution >= 0.6 is 23.4 Å². The molecule has 7 heteroatoms. The Hall–Kier alpha value is -2.18. The molecule has 0 N–H and O–H groups in total. The maximum Gasteiger partial charge on any atom is 0.211 e. The van der Waals surface area contributed by atoms with Crippen molar-refractivity contribution in [3.05, 3.63) is 58.9 Å². The molecule has 0 fully saturated rings. The molecule has 0 amide bonds. The molecule has 24 heavy (non-hydrogen) atoms. The minimum Gasteiger partial charge on any atom is -0.327 e. The lowest BCUT2D eigenvalue weighted by molar-refractivity contribution is 0.617. The molecule has 0 atom stereocenters. The molecule has 0 unspecified atom stereocenters. The Morgan fingerprint density at radius 3 is 2.79 bits per heavy atom. The van der Waals surface area contributed by atoms with Crippen LogP contribution in [0.4, 0.5) is 4.39 Å². The van der Waals surface area contributed by atoms with Gasteiger partial charge in [0.05, 0.1) is 5.52 Å². The molecule has 0 aliphatic carbocycles. The highest BCUT2D eigenvalue weighted by atomic mass is 35.5. The molecule has 0 saturated carbocycles. The molecule has 0 bridgehead atoms. The lowest BCUT2D eigenvalue weighted by Gasteiger charge is -2.04. The van der Waals surface area contributed by atoms with Crippen molar-refractivity contribution in [3.63, 3.8) is 0 Å². The molecule has 4 aromatic rings. The van der Waals surface area contributed by atoms with E-state index in [-0.39, 0.29) is 5.82 Å². The van der Waals surface area contributed by atoms with Gasteiger partial charge in [0.15, 0.2) is 5.65 Å². The third-order valence-corrected chi connectivity index (χ3v) is 5.11. The predicted molar refractivity (Wildman–Crippen MR) is 94.8 cm³/mol. The van der Waals surface area contributed by atoms with E-state index in [4.69, 9.17) is 11.6 Å². The van der Waals surface area contributed by atoms with Crippen LogP contribution in [0.15, 0.2) is 47.6 Å². The zero-order valence-electron chi connectivity index (χ0n) is 12.7. The topological polar surface area (TPSA) is 43.6 Å². The summed E-state index contributed by atoms with van der Waals surface area (Å²) in [4.78, 5) is 4.57. The van der Waals surface area contributed by atoms with E-state index in [1.165, 1.54) is 17.8 Å². The molecule has 0 aliphatic heterocycles. The van der Waals surface area contributed by atoms with Crippen LogP contribution in [0, 0.1) is 5.82 Å². The molecule has 0 saturated heterocycles. The van der Waals surface area contributed by atoms with Gasteiger partial charge >= 0.3 is 0 Å². The Labute approximate surface area is 146 Å². The number of halogens is 2. The summed E-state index contributed by atoms with van der Waals surface area (Å²) in [5.74, 6) is 0.0245. The molecule has 2 heterocycles. The maximum absolute atomic E-state index is 13.9. The third-order valence-electron chi connectivity index (χ3n) is 3.89. The van der Waals surface area contributed by atoms with Gasteiger partial charge in [0.25, 0.3) is 0 Å². The molecule has 0 spiro atoms. The Morgan fingerprint density at radius 2 is 1.96 bits per heavy atom. The highest BCUT2D eigenvalue weighted by Crippen LogP contribution is 2.29. The molecule has 2 aromatic carbocycles. The fourth-order valence-corrected chi connectivity index (χ4v) is 3.79. The minimum absolute atomic E-state index is 0.325. The fraction of sp³-hybridized carbons (Fsp3) is 0.118. The van der Waals surface area contributed by atoms with Gasteiger partial charge in [-0.15, -0.1) is 10.2 Å². The molecule has 2 aromatic heterocycles. The third kappa shape index (κ3) is 2.52. The number of rotatable bonds is 3. The zero-order valence-corrected chi connectivity index (χ0v) is 14.3. The van der Waals surface area contributed by atoms with Crippen LogP contribution < -0.4 is 0 Å². The molecule has 120 valence electrons. The van der Waals surface area contributed by atoms with Gasteiger partial charge < -0.3 is 4.57 Å². The van der Waals surface area contributed by atoms with E-state index in [1.54, 1.807) is 12.1 Å². The first-order chi connectivity index (χ1) is 11.6. The largest absolute Gasteiger partial charge is 0.327 e.